The van der Waals surface area contributed by atoms with Gasteiger partial charge in [-0.2, -0.15) is 5.10 Å². The van der Waals surface area contributed by atoms with Gasteiger partial charge < -0.3 is 20.5 Å². The van der Waals surface area contributed by atoms with Gasteiger partial charge in [-0.3, -0.25) is 19.6 Å². The third kappa shape index (κ3) is 5.08. The first-order valence-electron chi connectivity index (χ1n) is 8.03. The number of rotatable bonds is 6. The molecule has 1 saturated heterocycles. The van der Waals surface area contributed by atoms with Gasteiger partial charge in [0.25, 0.3) is 5.91 Å². The van der Waals surface area contributed by atoms with Crippen LogP contribution in [0, 0.1) is 0 Å². The molecule has 26 heavy (non-hydrogen) atoms. The van der Waals surface area contributed by atoms with Crippen LogP contribution in [0.2, 0.25) is 0 Å². The highest BCUT2D eigenvalue weighted by molar-refractivity contribution is 7.13. The molecular weight excluding hydrogens is 360 g/mol. The molecule has 1 fully saturated rings. The van der Waals surface area contributed by atoms with E-state index in [2.05, 4.69) is 25.8 Å². The van der Waals surface area contributed by atoms with Gasteiger partial charge in [-0.1, -0.05) is 0 Å². The molecule has 1 atom stereocenters. The number of aromatic amines is 1. The fourth-order valence-corrected chi connectivity index (χ4v) is 3.15. The topological polar surface area (TPSA) is 132 Å². The van der Waals surface area contributed by atoms with Gasteiger partial charge in [0.1, 0.15) is 11.3 Å². The lowest BCUT2D eigenvalue weighted by Gasteiger charge is -2.30. The van der Waals surface area contributed by atoms with E-state index in [0.29, 0.717) is 24.0 Å². The van der Waals surface area contributed by atoms with Crippen molar-refractivity contribution in [3.63, 3.8) is 0 Å². The Hall–Kier alpha value is -2.34. The molecule has 3 rings (SSSR count). The molecule has 0 aliphatic carbocycles. The maximum Gasteiger partial charge on any atom is 0.269 e. The third-order valence-corrected chi connectivity index (χ3v) is 4.50. The molecule has 1 aliphatic rings. The molecule has 0 bridgehead atoms. The van der Waals surface area contributed by atoms with Crippen LogP contribution in [-0.4, -0.2) is 82.0 Å². The van der Waals surface area contributed by atoms with Crippen molar-refractivity contribution >= 4 is 28.3 Å². The van der Waals surface area contributed by atoms with E-state index >= 15 is 0 Å². The number of carbonyl (C=O) groups excluding carboxylic acids is 2. The number of hydrogen-bond donors (Lipinski definition) is 4. The van der Waals surface area contributed by atoms with E-state index in [-0.39, 0.29) is 38.1 Å². The van der Waals surface area contributed by atoms with Crippen LogP contribution in [0.3, 0.4) is 0 Å². The molecule has 2 aromatic rings. The van der Waals surface area contributed by atoms with Gasteiger partial charge in [0, 0.05) is 30.9 Å². The minimum absolute atomic E-state index is 0.00451. The predicted molar refractivity (Wildman–Crippen MR) is 93.9 cm³/mol. The number of nitrogens with zero attached hydrogens (tertiary/aromatic N) is 3. The summed E-state index contributed by atoms with van der Waals surface area (Å²) in [6.07, 6.45) is 3.09. The predicted octanol–water partition coefficient (Wildman–Crippen LogP) is -0.702. The zero-order valence-corrected chi connectivity index (χ0v) is 14.8. The van der Waals surface area contributed by atoms with Crippen LogP contribution in [0.5, 0.6) is 0 Å². The number of ether oxygens (including phenoxy) is 1. The first kappa shape index (κ1) is 18.5. The fourth-order valence-electron chi connectivity index (χ4n) is 2.61. The molecule has 10 nitrogen and oxygen atoms in total. The van der Waals surface area contributed by atoms with Crippen LogP contribution >= 0.6 is 11.3 Å². The fraction of sp³-hybridized carbons (Fsp3) is 0.467. The lowest BCUT2D eigenvalue weighted by molar-refractivity contribution is -0.117. The Morgan fingerprint density at radius 2 is 2.35 bits per heavy atom. The number of β-amino-alcohol motifs (C(OH)–C–C–N with tert-alkyl or cyclic N) is 1. The van der Waals surface area contributed by atoms with Crippen molar-refractivity contribution in [2.45, 2.75) is 5.60 Å². The number of aromatic nitrogens is 3. The van der Waals surface area contributed by atoms with Crippen molar-refractivity contribution < 1.29 is 19.4 Å². The molecule has 11 heteroatoms. The molecule has 0 saturated carbocycles. The van der Waals surface area contributed by atoms with Crippen molar-refractivity contribution in [3.05, 3.63) is 29.5 Å². The summed E-state index contributed by atoms with van der Waals surface area (Å²) in [7, 11) is 0. The summed E-state index contributed by atoms with van der Waals surface area (Å²) in [6.45, 7) is 1.25. The van der Waals surface area contributed by atoms with Crippen molar-refractivity contribution in [2.24, 2.45) is 0 Å². The standard InChI is InChI=1S/C15H20N6O4S/c22-12(19-14-16-3-6-26-14)7-21-4-5-25-10-15(24,9-21)8-17-13(23)11-1-2-18-20-11/h1-3,6,24H,4-5,7-10H2,(H,17,23)(H,18,20)(H,16,19,22)/t15-/m1/s1. The molecule has 0 aromatic carbocycles. The summed E-state index contributed by atoms with van der Waals surface area (Å²) in [5.41, 5.74) is -0.990. The highest BCUT2D eigenvalue weighted by Crippen LogP contribution is 2.13. The molecule has 0 spiro atoms. The van der Waals surface area contributed by atoms with Gasteiger partial charge in [0.15, 0.2) is 5.13 Å². The monoisotopic (exact) mass is 380 g/mol. The Morgan fingerprint density at radius 3 is 3.08 bits per heavy atom. The lowest BCUT2D eigenvalue weighted by atomic mass is 10.0. The van der Waals surface area contributed by atoms with Gasteiger partial charge in [-0.25, -0.2) is 4.98 Å². The minimum Gasteiger partial charge on any atom is -0.384 e. The summed E-state index contributed by atoms with van der Waals surface area (Å²) < 4.78 is 5.45. The average molecular weight is 380 g/mol. The van der Waals surface area contributed by atoms with Crippen LogP contribution in [0.4, 0.5) is 5.13 Å². The maximum atomic E-state index is 12.1. The summed E-state index contributed by atoms with van der Waals surface area (Å²) in [5.74, 6) is -0.584. The van der Waals surface area contributed by atoms with Crippen LogP contribution in [0.15, 0.2) is 23.8 Å². The molecule has 2 amide bonds. The molecule has 0 unspecified atom stereocenters. The zero-order valence-electron chi connectivity index (χ0n) is 14.0. The molecule has 4 N–H and O–H groups in total. The van der Waals surface area contributed by atoms with E-state index in [1.54, 1.807) is 16.5 Å². The molecule has 1 aliphatic heterocycles. The summed E-state index contributed by atoms with van der Waals surface area (Å²) >= 11 is 1.34. The SMILES string of the molecule is O=C(CN1CCOC[C@@](O)(CNC(=O)c2ccn[nH]2)C1)Nc1nccs1. The van der Waals surface area contributed by atoms with E-state index in [0.717, 1.165) is 0 Å². The Balaban J connectivity index is 1.53. The van der Waals surface area contributed by atoms with Gasteiger partial charge in [0.2, 0.25) is 5.91 Å². The van der Waals surface area contributed by atoms with Gasteiger partial charge >= 0.3 is 0 Å². The number of nitrogens with one attached hydrogen (secondary N) is 3. The van der Waals surface area contributed by atoms with Crippen molar-refractivity contribution in [3.8, 4) is 0 Å². The number of hydrogen-bond acceptors (Lipinski definition) is 8. The lowest BCUT2D eigenvalue weighted by Crippen LogP contribution is -2.53. The quantitative estimate of drug-likeness (QED) is 0.521. The molecule has 3 heterocycles. The Kier molecular flexibility index (Phi) is 5.93. The van der Waals surface area contributed by atoms with E-state index in [9.17, 15) is 14.7 Å². The molecule has 2 aromatic heterocycles. The summed E-state index contributed by atoms with van der Waals surface area (Å²) in [4.78, 5) is 29.9. The third-order valence-electron chi connectivity index (χ3n) is 3.81. The van der Waals surface area contributed by atoms with Gasteiger partial charge in [-0.15, -0.1) is 11.3 Å². The number of aliphatic hydroxyl groups is 1. The highest BCUT2D eigenvalue weighted by Gasteiger charge is 2.33. The summed E-state index contributed by atoms with van der Waals surface area (Å²) in [6, 6.07) is 1.54. The van der Waals surface area contributed by atoms with E-state index in [1.165, 1.54) is 23.6 Å². The Bertz CT molecular complexity index is 723. The largest absolute Gasteiger partial charge is 0.384 e. The average Bonchev–Trinajstić information content (AvgIpc) is 3.27. The second kappa shape index (κ2) is 8.36. The smallest absolute Gasteiger partial charge is 0.269 e. The molecular formula is C15H20N6O4S. The number of anilines is 1. The number of amides is 2. The molecule has 0 radical (unpaired) electrons. The minimum atomic E-state index is -1.30. The first-order chi connectivity index (χ1) is 12.5. The van der Waals surface area contributed by atoms with Crippen molar-refractivity contribution in [2.75, 3.05) is 44.7 Å². The maximum absolute atomic E-state index is 12.1. The number of carbonyl (C=O) groups is 2. The van der Waals surface area contributed by atoms with Crippen molar-refractivity contribution in [1.29, 1.82) is 0 Å². The first-order valence-corrected chi connectivity index (χ1v) is 8.91. The second-order valence-corrected chi connectivity index (χ2v) is 6.92. The second-order valence-electron chi connectivity index (χ2n) is 6.03. The van der Waals surface area contributed by atoms with Crippen LogP contribution in [0.25, 0.3) is 0 Å². The highest BCUT2D eigenvalue weighted by atomic mass is 32.1. The summed E-state index contributed by atoms with van der Waals surface area (Å²) in [5, 5.41) is 24.7. The zero-order chi connectivity index (χ0) is 18.4. The van der Waals surface area contributed by atoms with E-state index in [1.807, 2.05) is 0 Å². The van der Waals surface area contributed by atoms with Crippen LogP contribution < -0.4 is 10.6 Å². The van der Waals surface area contributed by atoms with E-state index in [4.69, 9.17) is 4.74 Å². The normalized spacial score (nSPS) is 21.1. The van der Waals surface area contributed by atoms with Crippen LogP contribution in [0.1, 0.15) is 10.5 Å². The van der Waals surface area contributed by atoms with Gasteiger partial charge in [-0.05, 0) is 6.07 Å². The van der Waals surface area contributed by atoms with Gasteiger partial charge in [0.05, 0.1) is 26.3 Å². The number of thiazole rings is 1. The number of H-pyrrole nitrogens is 1. The van der Waals surface area contributed by atoms with E-state index < -0.39 is 5.60 Å². The van der Waals surface area contributed by atoms with Crippen molar-refractivity contribution in [1.82, 2.24) is 25.4 Å². The molecule has 140 valence electrons. The Morgan fingerprint density at radius 1 is 1.46 bits per heavy atom. The Labute approximate surface area is 153 Å². The van der Waals surface area contributed by atoms with Crippen LogP contribution in [-0.2, 0) is 9.53 Å².